The van der Waals surface area contributed by atoms with Gasteiger partial charge in [-0.25, -0.2) is 4.39 Å². The van der Waals surface area contributed by atoms with Crippen LogP contribution in [0.1, 0.15) is 20.8 Å². The van der Waals surface area contributed by atoms with Crippen LogP contribution in [-0.4, -0.2) is 37.0 Å². The maximum absolute atomic E-state index is 12.9. The topological polar surface area (TPSA) is 80.7 Å². The van der Waals surface area contributed by atoms with E-state index in [0.29, 0.717) is 0 Å². The number of carbonyl (C=O) groups is 1. The zero-order valence-electron chi connectivity index (χ0n) is 9.41. The highest BCUT2D eigenvalue weighted by atomic mass is 32.2. The van der Waals surface area contributed by atoms with Gasteiger partial charge in [-0.1, -0.05) is 0 Å². The van der Waals surface area contributed by atoms with Gasteiger partial charge in [-0.3, -0.25) is 9.35 Å². The van der Waals surface area contributed by atoms with E-state index in [4.69, 9.17) is 4.55 Å². The van der Waals surface area contributed by atoms with Gasteiger partial charge in [0.05, 0.1) is 5.41 Å². The van der Waals surface area contributed by atoms with E-state index in [1.807, 2.05) is 0 Å². The molecule has 0 aliphatic rings. The Labute approximate surface area is 96.7 Å². The first-order chi connectivity index (χ1) is 7.30. The van der Waals surface area contributed by atoms with Crippen LogP contribution in [-0.2, 0) is 19.6 Å². The van der Waals surface area contributed by atoms with Crippen LogP contribution in [0.15, 0.2) is 0 Å². The lowest BCUT2D eigenvalue weighted by Crippen LogP contribution is -2.42. The Morgan fingerprint density at radius 2 is 1.76 bits per heavy atom. The maximum Gasteiger partial charge on any atom is 0.403 e. The molecular weight excluding hydrogens is 265 g/mol. The van der Waals surface area contributed by atoms with Crippen molar-refractivity contribution in [1.29, 1.82) is 0 Å². The minimum Gasteiger partial charge on any atom is -0.462 e. The van der Waals surface area contributed by atoms with Gasteiger partial charge in [-0.15, -0.1) is 0 Å². The van der Waals surface area contributed by atoms with Crippen LogP contribution in [0.5, 0.6) is 0 Å². The van der Waals surface area contributed by atoms with Gasteiger partial charge in [-0.2, -0.15) is 17.2 Å². The van der Waals surface area contributed by atoms with Gasteiger partial charge in [0.15, 0.2) is 0 Å². The lowest BCUT2D eigenvalue weighted by Gasteiger charge is -2.20. The molecule has 9 heteroatoms. The van der Waals surface area contributed by atoms with Gasteiger partial charge < -0.3 is 4.74 Å². The van der Waals surface area contributed by atoms with E-state index < -0.39 is 39.5 Å². The van der Waals surface area contributed by atoms with Crippen LogP contribution in [0.25, 0.3) is 0 Å². The monoisotopic (exact) mass is 278 g/mol. The van der Waals surface area contributed by atoms with Crippen LogP contribution >= 0.6 is 0 Å². The van der Waals surface area contributed by atoms with Crippen molar-refractivity contribution in [3.05, 3.63) is 0 Å². The maximum atomic E-state index is 12.9. The molecule has 0 amide bonds. The number of rotatable bonds is 4. The number of ether oxygens (including phenoxy) is 1. The Morgan fingerprint density at radius 1 is 1.35 bits per heavy atom. The highest BCUT2D eigenvalue weighted by molar-refractivity contribution is 7.86. The van der Waals surface area contributed by atoms with Crippen LogP contribution in [0.4, 0.5) is 13.2 Å². The van der Waals surface area contributed by atoms with Crippen molar-refractivity contribution < 1.29 is 35.7 Å². The third-order valence-electron chi connectivity index (χ3n) is 1.68. The van der Waals surface area contributed by atoms with Crippen molar-refractivity contribution in [3.8, 4) is 0 Å². The summed E-state index contributed by atoms with van der Waals surface area (Å²) < 4.78 is 70.8. The van der Waals surface area contributed by atoms with Crippen molar-refractivity contribution in [3.63, 3.8) is 0 Å². The molecule has 0 rings (SSSR count). The van der Waals surface area contributed by atoms with Gasteiger partial charge in [0.25, 0.3) is 0 Å². The van der Waals surface area contributed by atoms with Crippen molar-refractivity contribution in [1.82, 2.24) is 0 Å². The van der Waals surface area contributed by atoms with E-state index in [1.165, 1.54) is 20.8 Å². The quantitative estimate of drug-likeness (QED) is 0.621. The third-order valence-corrected chi connectivity index (χ3v) is 2.63. The van der Waals surface area contributed by atoms with E-state index in [9.17, 15) is 26.4 Å². The molecule has 0 saturated heterocycles. The fourth-order valence-corrected chi connectivity index (χ4v) is 1.02. The second-order valence-corrected chi connectivity index (χ2v) is 5.85. The highest BCUT2D eigenvalue weighted by Gasteiger charge is 2.53. The summed E-state index contributed by atoms with van der Waals surface area (Å²) in [6.07, 6.45) is -3.33. The molecule has 0 spiro atoms. The summed E-state index contributed by atoms with van der Waals surface area (Å²) in [6, 6.07) is 0. The number of hydrogen-bond donors (Lipinski definition) is 1. The van der Waals surface area contributed by atoms with E-state index >= 15 is 0 Å². The van der Waals surface area contributed by atoms with Crippen LogP contribution in [0.2, 0.25) is 0 Å². The molecule has 0 heterocycles. The normalized spacial score (nSPS) is 15.5. The van der Waals surface area contributed by atoms with Crippen molar-refractivity contribution in [2.75, 3.05) is 6.61 Å². The zero-order chi connectivity index (χ0) is 14.1. The SMILES string of the molecule is CC(C)(C)C(=O)OCC(F)C(F)(F)S(=O)(=O)O. The van der Waals surface area contributed by atoms with Gasteiger partial charge in [0.1, 0.15) is 6.61 Å². The van der Waals surface area contributed by atoms with Crippen molar-refractivity contribution in [2.24, 2.45) is 5.41 Å². The highest BCUT2D eigenvalue weighted by Crippen LogP contribution is 2.28. The summed E-state index contributed by atoms with van der Waals surface area (Å²) in [6.45, 7) is 2.76. The van der Waals surface area contributed by atoms with E-state index in [1.54, 1.807) is 0 Å². The van der Waals surface area contributed by atoms with Gasteiger partial charge in [0.2, 0.25) is 6.17 Å². The lowest BCUT2D eigenvalue weighted by molar-refractivity contribution is -0.157. The van der Waals surface area contributed by atoms with E-state index in [-0.39, 0.29) is 0 Å². The summed E-state index contributed by atoms with van der Waals surface area (Å²) in [5, 5.41) is -5.01. The van der Waals surface area contributed by atoms with Crippen LogP contribution in [0, 0.1) is 5.41 Å². The molecule has 102 valence electrons. The number of alkyl halides is 3. The average molecular weight is 278 g/mol. The van der Waals surface area contributed by atoms with E-state index in [0.717, 1.165) is 0 Å². The molecular formula is C8H13F3O5S. The summed E-state index contributed by atoms with van der Waals surface area (Å²) in [7, 11) is -5.88. The summed E-state index contributed by atoms with van der Waals surface area (Å²) in [5.41, 5.74) is -1.03. The molecule has 0 fully saturated rings. The summed E-state index contributed by atoms with van der Waals surface area (Å²) >= 11 is 0. The zero-order valence-corrected chi connectivity index (χ0v) is 10.2. The third kappa shape index (κ3) is 4.15. The molecule has 0 aromatic carbocycles. The first-order valence-electron chi connectivity index (χ1n) is 4.46. The van der Waals surface area contributed by atoms with E-state index in [2.05, 4.69) is 4.74 Å². The Balaban J connectivity index is 4.60. The largest absolute Gasteiger partial charge is 0.462 e. The molecule has 1 N–H and O–H groups in total. The minimum absolute atomic E-state index is 0.966. The first-order valence-corrected chi connectivity index (χ1v) is 5.90. The second kappa shape index (κ2) is 4.81. The second-order valence-electron chi connectivity index (χ2n) is 4.35. The first kappa shape index (κ1) is 16.2. The number of hydrogen-bond acceptors (Lipinski definition) is 4. The Kier molecular flexibility index (Phi) is 4.57. The average Bonchev–Trinajstić information content (AvgIpc) is 2.09. The van der Waals surface area contributed by atoms with Crippen LogP contribution < -0.4 is 0 Å². The summed E-state index contributed by atoms with van der Waals surface area (Å²) in [5.74, 6) is -0.966. The van der Waals surface area contributed by atoms with Gasteiger partial charge in [0, 0.05) is 0 Å². The fraction of sp³-hybridized carbons (Fsp3) is 0.875. The molecule has 0 aliphatic carbocycles. The standard InChI is InChI=1S/C8H13F3O5S/c1-7(2,3)6(12)16-4-5(9)8(10,11)17(13,14)15/h5H,4H2,1-3H3,(H,13,14,15). The van der Waals surface area contributed by atoms with Crippen molar-refractivity contribution >= 4 is 16.1 Å². The predicted molar refractivity (Wildman–Crippen MR) is 51.8 cm³/mol. The van der Waals surface area contributed by atoms with Gasteiger partial charge in [-0.05, 0) is 20.8 Å². The number of carbonyl (C=O) groups excluding carboxylic acids is 1. The molecule has 1 atom stereocenters. The molecule has 0 aromatic rings. The molecule has 0 aromatic heterocycles. The fourth-order valence-electron chi connectivity index (χ4n) is 0.624. The molecule has 0 radical (unpaired) electrons. The number of halogens is 3. The molecule has 0 bridgehead atoms. The molecule has 5 nitrogen and oxygen atoms in total. The van der Waals surface area contributed by atoms with Crippen LogP contribution in [0.3, 0.4) is 0 Å². The molecule has 0 aliphatic heterocycles. The summed E-state index contributed by atoms with van der Waals surface area (Å²) in [4.78, 5) is 11.1. The lowest BCUT2D eigenvalue weighted by atomic mass is 9.97. The predicted octanol–water partition coefficient (Wildman–Crippen LogP) is 1.39. The molecule has 1 unspecified atom stereocenters. The Morgan fingerprint density at radius 3 is 2.06 bits per heavy atom. The minimum atomic E-state index is -5.88. The molecule has 17 heavy (non-hydrogen) atoms. The van der Waals surface area contributed by atoms with Crippen molar-refractivity contribution in [2.45, 2.75) is 32.2 Å². The smallest absolute Gasteiger partial charge is 0.403 e. The Bertz CT molecular complexity index is 384. The molecule has 0 saturated carbocycles. The number of esters is 1. The Hall–Kier alpha value is -0.830. The van der Waals surface area contributed by atoms with Gasteiger partial charge >= 0.3 is 21.3 Å².